The standard InChI is InChI=1S/C8H12O2/c1-5-4-7(6(5)2)8(9)10-3/h6-7H,1,4H2,2-3H3/t6-,7+/m1/s1. The van der Waals surface area contributed by atoms with Crippen molar-refractivity contribution in [3.63, 3.8) is 0 Å². The first kappa shape index (κ1) is 7.32. The first-order valence-electron chi connectivity index (χ1n) is 3.42. The molecule has 1 saturated carbocycles. The topological polar surface area (TPSA) is 26.3 Å². The van der Waals surface area contributed by atoms with Crippen molar-refractivity contribution in [2.45, 2.75) is 13.3 Å². The van der Waals surface area contributed by atoms with Crippen LogP contribution in [0, 0.1) is 11.8 Å². The molecule has 1 rings (SSSR count). The molecule has 1 aliphatic rings. The first-order chi connectivity index (χ1) is 4.66. The highest BCUT2D eigenvalue weighted by atomic mass is 16.5. The maximum absolute atomic E-state index is 10.9. The van der Waals surface area contributed by atoms with E-state index in [9.17, 15) is 4.79 Å². The number of hydrogen-bond donors (Lipinski definition) is 0. The highest BCUT2D eigenvalue weighted by molar-refractivity contribution is 5.75. The molecule has 0 unspecified atom stereocenters. The fourth-order valence-electron chi connectivity index (χ4n) is 1.21. The lowest BCUT2D eigenvalue weighted by molar-refractivity contribution is -0.148. The van der Waals surface area contributed by atoms with Crippen molar-refractivity contribution in [1.29, 1.82) is 0 Å². The van der Waals surface area contributed by atoms with E-state index in [1.807, 2.05) is 6.92 Å². The van der Waals surface area contributed by atoms with Crippen molar-refractivity contribution in [1.82, 2.24) is 0 Å². The van der Waals surface area contributed by atoms with E-state index in [1.165, 1.54) is 7.11 Å². The van der Waals surface area contributed by atoms with Gasteiger partial charge >= 0.3 is 5.97 Å². The van der Waals surface area contributed by atoms with Crippen molar-refractivity contribution in [2.24, 2.45) is 11.8 Å². The molecule has 0 saturated heterocycles. The molecule has 0 N–H and O–H groups in total. The third kappa shape index (κ3) is 0.939. The summed E-state index contributed by atoms with van der Waals surface area (Å²) in [7, 11) is 1.43. The third-order valence-electron chi connectivity index (χ3n) is 2.23. The summed E-state index contributed by atoms with van der Waals surface area (Å²) in [6.07, 6.45) is 0.813. The van der Waals surface area contributed by atoms with Crippen LogP contribution in [-0.4, -0.2) is 13.1 Å². The fraction of sp³-hybridized carbons (Fsp3) is 0.625. The molecule has 2 heteroatoms. The van der Waals surface area contributed by atoms with E-state index in [0.29, 0.717) is 5.92 Å². The third-order valence-corrected chi connectivity index (χ3v) is 2.23. The zero-order valence-corrected chi connectivity index (χ0v) is 6.39. The van der Waals surface area contributed by atoms with Crippen LogP contribution in [0.15, 0.2) is 12.2 Å². The van der Waals surface area contributed by atoms with Crippen LogP contribution >= 0.6 is 0 Å². The highest BCUT2D eigenvalue weighted by Gasteiger charge is 2.36. The predicted molar refractivity (Wildman–Crippen MR) is 38.4 cm³/mol. The van der Waals surface area contributed by atoms with Gasteiger partial charge in [0, 0.05) is 0 Å². The summed E-state index contributed by atoms with van der Waals surface area (Å²) in [6.45, 7) is 5.81. The van der Waals surface area contributed by atoms with Crippen molar-refractivity contribution < 1.29 is 9.53 Å². The predicted octanol–water partition coefficient (Wildman–Crippen LogP) is 1.37. The SMILES string of the molecule is C=C1C[C@H](C(=O)OC)[C@@H]1C. The largest absolute Gasteiger partial charge is 0.469 e. The van der Waals surface area contributed by atoms with E-state index in [1.54, 1.807) is 0 Å². The maximum atomic E-state index is 10.9. The second kappa shape index (κ2) is 2.45. The Bertz CT molecular complexity index is 172. The van der Waals surface area contributed by atoms with E-state index < -0.39 is 0 Å². The number of allylic oxidation sites excluding steroid dienone is 1. The summed E-state index contributed by atoms with van der Waals surface area (Å²) in [5, 5.41) is 0. The summed E-state index contributed by atoms with van der Waals surface area (Å²) < 4.78 is 4.59. The summed E-state index contributed by atoms with van der Waals surface area (Å²) >= 11 is 0. The number of methoxy groups -OCH3 is 1. The number of ether oxygens (including phenoxy) is 1. The summed E-state index contributed by atoms with van der Waals surface area (Å²) in [6, 6.07) is 0. The number of hydrogen-bond acceptors (Lipinski definition) is 2. The monoisotopic (exact) mass is 140 g/mol. The van der Waals surface area contributed by atoms with Crippen LogP contribution in [0.4, 0.5) is 0 Å². The second-order valence-electron chi connectivity index (χ2n) is 2.78. The average molecular weight is 140 g/mol. The minimum atomic E-state index is -0.0973. The van der Waals surface area contributed by atoms with Crippen molar-refractivity contribution in [3.05, 3.63) is 12.2 Å². The molecular weight excluding hydrogens is 128 g/mol. The molecule has 0 aromatic heterocycles. The molecule has 0 aromatic carbocycles. The van der Waals surface area contributed by atoms with Crippen LogP contribution in [0.2, 0.25) is 0 Å². The molecular formula is C8H12O2. The van der Waals surface area contributed by atoms with Gasteiger partial charge in [-0.3, -0.25) is 4.79 Å². The van der Waals surface area contributed by atoms with Gasteiger partial charge in [0.25, 0.3) is 0 Å². The smallest absolute Gasteiger partial charge is 0.309 e. The lowest BCUT2D eigenvalue weighted by Crippen LogP contribution is -2.33. The molecule has 1 aliphatic carbocycles. The minimum Gasteiger partial charge on any atom is -0.469 e. The lowest BCUT2D eigenvalue weighted by atomic mass is 9.71. The number of carbonyl (C=O) groups is 1. The van der Waals surface area contributed by atoms with Crippen LogP contribution in [0.3, 0.4) is 0 Å². The van der Waals surface area contributed by atoms with Gasteiger partial charge in [-0.1, -0.05) is 19.1 Å². The summed E-state index contributed by atoms with van der Waals surface area (Å²) in [4.78, 5) is 10.9. The Kier molecular flexibility index (Phi) is 1.79. The molecule has 0 amide bonds. The molecule has 2 nitrogen and oxygen atoms in total. The van der Waals surface area contributed by atoms with Crippen LogP contribution in [0.25, 0.3) is 0 Å². The van der Waals surface area contributed by atoms with Crippen LogP contribution in [0.5, 0.6) is 0 Å². The van der Waals surface area contributed by atoms with E-state index >= 15 is 0 Å². The Hall–Kier alpha value is -0.790. The summed E-state index contributed by atoms with van der Waals surface area (Å²) in [5.41, 5.74) is 1.16. The van der Waals surface area contributed by atoms with Gasteiger partial charge in [0.15, 0.2) is 0 Å². The van der Waals surface area contributed by atoms with Crippen LogP contribution < -0.4 is 0 Å². The van der Waals surface area contributed by atoms with E-state index in [-0.39, 0.29) is 11.9 Å². The highest BCUT2D eigenvalue weighted by Crippen LogP contribution is 2.38. The molecule has 0 aromatic rings. The molecule has 0 heterocycles. The second-order valence-corrected chi connectivity index (χ2v) is 2.78. The van der Waals surface area contributed by atoms with E-state index in [2.05, 4.69) is 11.3 Å². The Morgan fingerprint density at radius 2 is 2.40 bits per heavy atom. The average Bonchev–Trinajstić information content (AvgIpc) is 1.98. The Balaban J connectivity index is 2.47. The number of carbonyl (C=O) groups excluding carboxylic acids is 1. The molecule has 1 fully saturated rings. The van der Waals surface area contributed by atoms with Crippen LogP contribution in [-0.2, 0) is 9.53 Å². The molecule has 0 bridgehead atoms. The van der Waals surface area contributed by atoms with E-state index in [0.717, 1.165) is 12.0 Å². The summed E-state index contributed by atoms with van der Waals surface area (Å²) in [5.74, 6) is 0.310. The quantitative estimate of drug-likeness (QED) is 0.406. The van der Waals surface area contributed by atoms with Gasteiger partial charge in [0.1, 0.15) is 0 Å². The molecule has 0 radical (unpaired) electrons. The number of esters is 1. The zero-order valence-electron chi connectivity index (χ0n) is 6.39. The first-order valence-corrected chi connectivity index (χ1v) is 3.42. The minimum absolute atomic E-state index is 0.0810. The molecule has 2 atom stereocenters. The van der Waals surface area contributed by atoms with Gasteiger partial charge in [-0.25, -0.2) is 0 Å². The zero-order chi connectivity index (χ0) is 7.72. The van der Waals surface area contributed by atoms with Crippen LogP contribution in [0.1, 0.15) is 13.3 Å². The van der Waals surface area contributed by atoms with Gasteiger partial charge in [0.05, 0.1) is 13.0 Å². The molecule has 0 aliphatic heterocycles. The van der Waals surface area contributed by atoms with Gasteiger partial charge in [-0.2, -0.15) is 0 Å². The van der Waals surface area contributed by atoms with Gasteiger partial charge in [-0.05, 0) is 12.3 Å². The molecule has 56 valence electrons. The Morgan fingerprint density at radius 1 is 1.80 bits per heavy atom. The fourth-order valence-corrected chi connectivity index (χ4v) is 1.21. The van der Waals surface area contributed by atoms with Gasteiger partial charge in [0.2, 0.25) is 0 Å². The Morgan fingerprint density at radius 3 is 2.70 bits per heavy atom. The van der Waals surface area contributed by atoms with Gasteiger partial charge < -0.3 is 4.74 Å². The molecule has 0 spiro atoms. The Labute approximate surface area is 60.9 Å². The normalized spacial score (nSPS) is 31.2. The number of rotatable bonds is 1. The lowest BCUT2D eigenvalue weighted by Gasteiger charge is -2.33. The van der Waals surface area contributed by atoms with Crippen molar-refractivity contribution >= 4 is 5.97 Å². The molecule has 10 heavy (non-hydrogen) atoms. The van der Waals surface area contributed by atoms with Crippen molar-refractivity contribution in [2.75, 3.05) is 7.11 Å². The van der Waals surface area contributed by atoms with Crippen molar-refractivity contribution in [3.8, 4) is 0 Å². The van der Waals surface area contributed by atoms with E-state index in [4.69, 9.17) is 0 Å². The van der Waals surface area contributed by atoms with Gasteiger partial charge in [-0.15, -0.1) is 0 Å². The maximum Gasteiger partial charge on any atom is 0.309 e.